The molecule has 3 heterocycles. The second-order valence-electron chi connectivity index (χ2n) is 6.60. The monoisotopic (exact) mass is 355 g/mol. The average molecular weight is 355 g/mol. The molecule has 1 saturated heterocycles. The number of hydrogen-bond acceptors (Lipinski definition) is 5. The molecule has 0 saturated carbocycles. The molecular weight excluding hydrogens is 334 g/mol. The molecule has 0 aliphatic carbocycles. The number of rotatable bonds is 3. The van der Waals surface area contributed by atoms with Crippen molar-refractivity contribution in [1.29, 1.82) is 0 Å². The lowest BCUT2D eigenvalue weighted by atomic mass is 9.97. The van der Waals surface area contributed by atoms with Gasteiger partial charge in [0.05, 0.1) is 10.7 Å². The van der Waals surface area contributed by atoms with E-state index in [4.69, 9.17) is 9.82 Å². The first-order valence-corrected chi connectivity index (χ1v) is 9.57. The maximum absolute atomic E-state index is 11.5. The number of oxime groups is 1. The van der Waals surface area contributed by atoms with E-state index in [1.165, 1.54) is 0 Å². The summed E-state index contributed by atoms with van der Waals surface area (Å²) in [6, 6.07) is 10.2. The summed E-state index contributed by atoms with van der Waals surface area (Å²) in [5, 5.41) is 7.51. The summed E-state index contributed by atoms with van der Waals surface area (Å²) >= 11 is 1.70. The van der Waals surface area contributed by atoms with Crippen LogP contribution >= 0.6 is 11.3 Å². The van der Waals surface area contributed by atoms with Gasteiger partial charge in [-0.1, -0.05) is 35.5 Å². The summed E-state index contributed by atoms with van der Waals surface area (Å²) in [5.74, 6) is 0.616. The summed E-state index contributed by atoms with van der Waals surface area (Å²) in [6.07, 6.45) is 2.72. The molecule has 1 aromatic carbocycles. The fraction of sp³-hybridized carbons (Fsp3) is 0.421. The predicted molar refractivity (Wildman–Crippen MR) is 97.8 cm³/mol. The molecule has 2 aliphatic rings. The number of likely N-dealkylation sites (tertiary alicyclic amines) is 1. The average Bonchev–Trinajstić information content (AvgIpc) is 3.32. The van der Waals surface area contributed by atoms with E-state index in [2.05, 4.69) is 22.7 Å². The predicted octanol–water partition coefficient (Wildman–Crippen LogP) is 3.73. The van der Waals surface area contributed by atoms with E-state index in [0.717, 1.165) is 54.3 Å². The van der Waals surface area contributed by atoms with E-state index >= 15 is 0 Å². The normalized spacial score (nSPS) is 21.1. The third-order valence-corrected chi connectivity index (χ3v) is 5.95. The molecular formula is C19H21N3O2S. The molecule has 5 nitrogen and oxygen atoms in total. The van der Waals surface area contributed by atoms with Gasteiger partial charge in [-0.15, -0.1) is 11.3 Å². The Labute approximate surface area is 151 Å². The summed E-state index contributed by atoms with van der Waals surface area (Å²) in [5.41, 5.74) is 3.01. The van der Waals surface area contributed by atoms with Crippen LogP contribution in [0.15, 0.2) is 40.9 Å². The molecule has 2 aromatic rings. The molecule has 0 spiro atoms. The second kappa shape index (κ2) is 6.96. The Morgan fingerprint density at radius 3 is 2.72 bits per heavy atom. The van der Waals surface area contributed by atoms with Crippen molar-refractivity contribution < 1.29 is 9.63 Å². The highest BCUT2D eigenvalue weighted by atomic mass is 32.1. The molecule has 6 heteroatoms. The summed E-state index contributed by atoms with van der Waals surface area (Å²) in [6.45, 7) is 3.30. The van der Waals surface area contributed by atoms with E-state index < -0.39 is 0 Å². The molecule has 1 aromatic heterocycles. The zero-order valence-corrected chi connectivity index (χ0v) is 15.0. The maximum atomic E-state index is 11.5. The number of nitrogens with zero attached hydrogens (tertiary/aromatic N) is 3. The minimum Gasteiger partial charge on any atom is -0.387 e. The fourth-order valence-corrected chi connectivity index (χ4v) is 4.42. The second-order valence-corrected chi connectivity index (χ2v) is 7.49. The zero-order chi connectivity index (χ0) is 17.2. The minimum absolute atomic E-state index is 0.0137. The highest BCUT2D eigenvalue weighted by Crippen LogP contribution is 2.33. The van der Waals surface area contributed by atoms with E-state index in [1.54, 1.807) is 18.3 Å². The Kier molecular flexibility index (Phi) is 4.53. The van der Waals surface area contributed by atoms with Crippen molar-refractivity contribution in [1.82, 2.24) is 9.88 Å². The standard InChI is InChI=1S/C19H21N3O2S/c1-13(23)22-9-7-15(8-10-22)19-20-17(12-25-19)16-11-18(24-21-16)14-5-3-2-4-6-14/h2-6,12,15,18H,7-11H2,1H3. The lowest BCUT2D eigenvalue weighted by molar-refractivity contribution is -0.129. The highest BCUT2D eigenvalue weighted by Gasteiger charge is 2.28. The number of hydrogen-bond donors (Lipinski definition) is 0. The lowest BCUT2D eigenvalue weighted by Gasteiger charge is -2.30. The summed E-state index contributed by atoms with van der Waals surface area (Å²) in [7, 11) is 0. The van der Waals surface area contributed by atoms with Gasteiger partial charge in [-0.25, -0.2) is 4.98 Å². The number of carbonyl (C=O) groups excluding carboxylic acids is 1. The van der Waals surface area contributed by atoms with Crippen molar-refractivity contribution in [3.05, 3.63) is 52.0 Å². The molecule has 1 atom stereocenters. The smallest absolute Gasteiger partial charge is 0.219 e. The fourth-order valence-electron chi connectivity index (χ4n) is 3.42. The van der Waals surface area contributed by atoms with Gasteiger partial charge in [0.2, 0.25) is 5.91 Å². The number of benzene rings is 1. The summed E-state index contributed by atoms with van der Waals surface area (Å²) in [4.78, 5) is 23.8. The Morgan fingerprint density at radius 2 is 2.00 bits per heavy atom. The van der Waals surface area contributed by atoms with Gasteiger partial charge in [-0.2, -0.15) is 0 Å². The largest absolute Gasteiger partial charge is 0.387 e. The zero-order valence-electron chi connectivity index (χ0n) is 14.2. The van der Waals surface area contributed by atoms with Gasteiger partial charge in [0, 0.05) is 37.7 Å². The molecule has 1 fully saturated rings. The van der Waals surface area contributed by atoms with Crippen molar-refractivity contribution in [2.45, 2.75) is 38.2 Å². The van der Waals surface area contributed by atoms with Gasteiger partial charge < -0.3 is 9.74 Å². The molecule has 4 rings (SSSR count). The van der Waals surface area contributed by atoms with E-state index in [0.29, 0.717) is 5.92 Å². The number of piperidine rings is 1. The molecule has 1 amide bonds. The van der Waals surface area contributed by atoms with Gasteiger partial charge in [0.15, 0.2) is 6.10 Å². The number of carbonyl (C=O) groups is 1. The van der Waals surface area contributed by atoms with Gasteiger partial charge in [0.1, 0.15) is 5.71 Å². The van der Waals surface area contributed by atoms with Gasteiger partial charge in [-0.05, 0) is 18.4 Å². The van der Waals surface area contributed by atoms with E-state index in [1.807, 2.05) is 23.1 Å². The van der Waals surface area contributed by atoms with Crippen molar-refractivity contribution in [3.8, 4) is 0 Å². The SMILES string of the molecule is CC(=O)N1CCC(c2nc(C3=NOC(c4ccccc4)C3)cs2)CC1. The van der Waals surface area contributed by atoms with Crippen LogP contribution in [0.4, 0.5) is 0 Å². The van der Waals surface area contributed by atoms with Gasteiger partial charge in [-0.3, -0.25) is 4.79 Å². The van der Waals surface area contributed by atoms with Crippen molar-refractivity contribution in [2.24, 2.45) is 5.16 Å². The Bertz CT molecular complexity index is 779. The first kappa shape index (κ1) is 16.3. The molecule has 0 N–H and O–H groups in total. The Morgan fingerprint density at radius 1 is 1.24 bits per heavy atom. The first-order valence-electron chi connectivity index (χ1n) is 8.69. The van der Waals surface area contributed by atoms with Crippen molar-refractivity contribution in [2.75, 3.05) is 13.1 Å². The number of thiazole rings is 1. The van der Waals surface area contributed by atoms with Crippen molar-refractivity contribution >= 4 is 23.0 Å². The molecule has 130 valence electrons. The number of aromatic nitrogens is 1. The summed E-state index contributed by atoms with van der Waals surface area (Å²) < 4.78 is 0. The van der Waals surface area contributed by atoms with E-state index in [-0.39, 0.29) is 12.0 Å². The molecule has 1 unspecified atom stereocenters. The molecule has 0 radical (unpaired) electrons. The lowest BCUT2D eigenvalue weighted by Crippen LogP contribution is -2.36. The van der Waals surface area contributed by atoms with Gasteiger partial charge in [0.25, 0.3) is 0 Å². The number of amides is 1. The minimum atomic E-state index is -0.0137. The topological polar surface area (TPSA) is 54.8 Å². The van der Waals surface area contributed by atoms with Crippen LogP contribution in [0.2, 0.25) is 0 Å². The van der Waals surface area contributed by atoms with Gasteiger partial charge >= 0.3 is 0 Å². The van der Waals surface area contributed by atoms with E-state index in [9.17, 15) is 4.79 Å². The van der Waals surface area contributed by atoms with Crippen LogP contribution in [-0.4, -0.2) is 34.6 Å². The van der Waals surface area contributed by atoms with Crippen LogP contribution in [0.3, 0.4) is 0 Å². The first-order chi connectivity index (χ1) is 12.2. The van der Waals surface area contributed by atoms with Crippen LogP contribution in [0.5, 0.6) is 0 Å². The highest BCUT2D eigenvalue weighted by molar-refractivity contribution is 7.10. The Balaban J connectivity index is 1.40. The molecule has 25 heavy (non-hydrogen) atoms. The van der Waals surface area contributed by atoms with Crippen LogP contribution in [0.1, 0.15) is 54.5 Å². The molecule has 2 aliphatic heterocycles. The van der Waals surface area contributed by atoms with Crippen LogP contribution in [0.25, 0.3) is 0 Å². The van der Waals surface area contributed by atoms with Crippen LogP contribution < -0.4 is 0 Å². The maximum Gasteiger partial charge on any atom is 0.219 e. The van der Waals surface area contributed by atoms with Crippen molar-refractivity contribution in [3.63, 3.8) is 0 Å². The molecule has 0 bridgehead atoms. The third kappa shape index (κ3) is 3.44. The van der Waals surface area contributed by atoms with Crippen LogP contribution in [0, 0.1) is 0 Å². The quantitative estimate of drug-likeness (QED) is 0.843. The van der Waals surface area contributed by atoms with Crippen LogP contribution in [-0.2, 0) is 9.63 Å². The Hall–Kier alpha value is -2.21. The third-order valence-electron chi connectivity index (χ3n) is 4.95.